The number of nitrogens with one attached hydrogen (secondary N) is 1. The van der Waals surface area contributed by atoms with Crippen molar-refractivity contribution in [3.63, 3.8) is 0 Å². The van der Waals surface area contributed by atoms with Crippen LogP contribution in [0.5, 0.6) is 0 Å². The molecule has 0 aliphatic carbocycles. The van der Waals surface area contributed by atoms with Crippen LogP contribution in [-0.4, -0.2) is 41.0 Å². The molecule has 0 unspecified atom stereocenters. The Morgan fingerprint density at radius 1 is 1.00 bits per heavy atom. The molecule has 0 amide bonds. The standard InChI is InChI=1S/C25H18FN9O/c26-19-4-1-5-20-22(19)25(36)35(17-3-2-9-28-14-17)21(34-20)8-10-31-24-18(23(27)32-15-33-24)7-6-16-13-29-11-12-30-16/h1-5,9,11-15H,8,10H2,(H3,27,31,32,33). The number of aromatic nitrogens is 7. The second kappa shape index (κ2) is 9.94. The zero-order chi connectivity index (χ0) is 24.9. The van der Waals surface area contributed by atoms with E-state index in [1.807, 2.05) is 0 Å². The molecule has 0 saturated heterocycles. The van der Waals surface area contributed by atoms with Crippen LogP contribution in [0.15, 0.2) is 72.4 Å². The zero-order valence-electron chi connectivity index (χ0n) is 18.8. The molecule has 36 heavy (non-hydrogen) atoms. The van der Waals surface area contributed by atoms with Crippen molar-refractivity contribution in [1.29, 1.82) is 0 Å². The maximum Gasteiger partial charge on any atom is 0.269 e. The predicted octanol–water partition coefficient (Wildman–Crippen LogP) is 2.14. The molecule has 0 fully saturated rings. The normalized spacial score (nSPS) is 10.6. The van der Waals surface area contributed by atoms with Gasteiger partial charge in [-0.15, -0.1) is 0 Å². The van der Waals surface area contributed by atoms with Gasteiger partial charge in [0, 0.05) is 31.6 Å². The molecule has 0 bridgehead atoms. The van der Waals surface area contributed by atoms with E-state index in [1.165, 1.54) is 41.6 Å². The van der Waals surface area contributed by atoms with Gasteiger partial charge in [0.15, 0.2) is 0 Å². The van der Waals surface area contributed by atoms with Gasteiger partial charge in [-0.25, -0.2) is 24.3 Å². The molecule has 5 aromatic rings. The maximum atomic E-state index is 14.5. The fourth-order valence-corrected chi connectivity index (χ4v) is 3.60. The molecule has 5 rings (SSSR count). The summed E-state index contributed by atoms with van der Waals surface area (Å²) >= 11 is 0. The Bertz CT molecular complexity index is 1660. The first-order chi connectivity index (χ1) is 17.6. The van der Waals surface area contributed by atoms with Crippen LogP contribution in [0.25, 0.3) is 16.6 Å². The molecule has 0 saturated carbocycles. The van der Waals surface area contributed by atoms with E-state index in [0.29, 0.717) is 41.6 Å². The number of pyridine rings is 1. The summed E-state index contributed by atoms with van der Waals surface area (Å²) in [5.41, 5.74) is 7.16. The molecule has 11 heteroatoms. The van der Waals surface area contributed by atoms with E-state index in [4.69, 9.17) is 5.73 Å². The SMILES string of the molecule is Nc1ncnc(NCCc2nc3cccc(F)c3c(=O)n2-c2cccnc2)c1C#Cc1cnccn1. The second-order valence-corrected chi connectivity index (χ2v) is 7.51. The van der Waals surface area contributed by atoms with Crippen molar-refractivity contribution >= 4 is 22.5 Å². The highest BCUT2D eigenvalue weighted by Crippen LogP contribution is 2.18. The van der Waals surface area contributed by atoms with Crippen LogP contribution in [0.4, 0.5) is 16.0 Å². The summed E-state index contributed by atoms with van der Waals surface area (Å²) in [6.07, 6.45) is 9.37. The second-order valence-electron chi connectivity index (χ2n) is 7.51. The highest BCUT2D eigenvalue weighted by atomic mass is 19.1. The Hall–Kier alpha value is -5.24. The van der Waals surface area contributed by atoms with E-state index < -0.39 is 11.4 Å². The fourth-order valence-electron chi connectivity index (χ4n) is 3.60. The van der Waals surface area contributed by atoms with Crippen molar-refractivity contribution < 1.29 is 4.39 Å². The minimum atomic E-state index is -0.630. The molecule has 0 aliphatic heterocycles. The van der Waals surface area contributed by atoms with Crippen LogP contribution >= 0.6 is 0 Å². The van der Waals surface area contributed by atoms with E-state index in [2.05, 4.69) is 47.1 Å². The Balaban J connectivity index is 1.47. The minimum absolute atomic E-state index is 0.0804. The minimum Gasteiger partial charge on any atom is -0.382 e. The molecule has 4 heterocycles. The molecule has 0 radical (unpaired) electrons. The Morgan fingerprint density at radius 3 is 2.69 bits per heavy atom. The van der Waals surface area contributed by atoms with Crippen LogP contribution in [0.3, 0.4) is 0 Å². The molecule has 1 aromatic carbocycles. The third-order valence-electron chi connectivity index (χ3n) is 5.22. The summed E-state index contributed by atoms with van der Waals surface area (Å²) in [5, 5.41) is 3.10. The smallest absolute Gasteiger partial charge is 0.269 e. The topological polar surface area (TPSA) is 137 Å². The molecular weight excluding hydrogens is 461 g/mol. The fraction of sp³-hybridized carbons (Fsp3) is 0.0800. The van der Waals surface area contributed by atoms with Gasteiger partial charge in [-0.2, -0.15) is 0 Å². The first kappa shape index (κ1) is 22.5. The van der Waals surface area contributed by atoms with E-state index in [-0.39, 0.29) is 16.7 Å². The maximum absolute atomic E-state index is 14.5. The lowest BCUT2D eigenvalue weighted by Gasteiger charge is -2.14. The summed E-state index contributed by atoms with van der Waals surface area (Å²) in [5.74, 6) is 6.24. The van der Waals surface area contributed by atoms with Gasteiger partial charge in [-0.1, -0.05) is 12.0 Å². The van der Waals surface area contributed by atoms with E-state index in [0.717, 1.165) is 0 Å². The lowest BCUT2D eigenvalue weighted by molar-refractivity contribution is 0.636. The van der Waals surface area contributed by atoms with Gasteiger partial charge >= 0.3 is 0 Å². The van der Waals surface area contributed by atoms with Crippen molar-refractivity contribution in [1.82, 2.24) is 34.5 Å². The van der Waals surface area contributed by atoms with E-state index in [1.54, 1.807) is 30.6 Å². The number of fused-ring (bicyclic) bond motifs is 1. The molecule has 176 valence electrons. The third kappa shape index (κ3) is 4.55. The summed E-state index contributed by atoms with van der Waals surface area (Å²) in [7, 11) is 0. The number of nitrogen functional groups attached to an aromatic ring is 1. The number of anilines is 2. The van der Waals surface area contributed by atoms with Gasteiger partial charge in [0.25, 0.3) is 5.56 Å². The Morgan fingerprint density at radius 2 is 1.89 bits per heavy atom. The highest BCUT2D eigenvalue weighted by molar-refractivity contribution is 5.78. The zero-order valence-corrected chi connectivity index (χ0v) is 18.8. The van der Waals surface area contributed by atoms with Crippen molar-refractivity contribution in [2.75, 3.05) is 17.6 Å². The average molecular weight is 479 g/mol. The van der Waals surface area contributed by atoms with Gasteiger partial charge in [-0.3, -0.25) is 19.3 Å². The van der Waals surface area contributed by atoms with Gasteiger partial charge < -0.3 is 11.1 Å². The quantitative estimate of drug-likeness (QED) is 0.363. The van der Waals surface area contributed by atoms with Crippen molar-refractivity contribution in [3.05, 3.63) is 101 Å². The largest absolute Gasteiger partial charge is 0.382 e. The highest BCUT2D eigenvalue weighted by Gasteiger charge is 2.16. The van der Waals surface area contributed by atoms with Crippen molar-refractivity contribution in [2.24, 2.45) is 0 Å². The molecule has 0 aliphatic rings. The Kier molecular flexibility index (Phi) is 6.23. The Labute approximate surface area is 204 Å². The van der Waals surface area contributed by atoms with E-state index >= 15 is 0 Å². The van der Waals surface area contributed by atoms with Crippen LogP contribution in [-0.2, 0) is 6.42 Å². The van der Waals surface area contributed by atoms with Crippen molar-refractivity contribution in [3.8, 4) is 17.5 Å². The molecule has 3 N–H and O–H groups in total. The van der Waals surface area contributed by atoms with Gasteiger partial charge in [-0.05, 0) is 30.2 Å². The predicted molar refractivity (Wildman–Crippen MR) is 132 cm³/mol. The first-order valence-corrected chi connectivity index (χ1v) is 10.8. The van der Waals surface area contributed by atoms with Crippen LogP contribution < -0.4 is 16.6 Å². The number of hydrogen-bond donors (Lipinski definition) is 2. The van der Waals surface area contributed by atoms with Crippen LogP contribution in [0.2, 0.25) is 0 Å². The number of rotatable bonds is 5. The molecule has 0 spiro atoms. The van der Waals surface area contributed by atoms with Gasteiger partial charge in [0.2, 0.25) is 0 Å². The molecule has 10 nitrogen and oxygen atoms in total. The van der Waals surface area contributed by atoms with Gasteiger partial charge in [0.1, 0.15) is 46.2 Å². The summed E-state index contributed by atoms with van der Waals surface area (Å²) < 4.78 is 15.9. The third-order valence-corrected chi connectivity index (χ3v) is 5.22. The number of benzene rings is 1. The molecular formula is C25H18FN9O. The van der Waals surface area contributed by atoms with Crippen LogP contribution in [0, 0.1) is 17.7 Å². The number of nitrogens with zero attached hydrogens (tertiary/aromatic N) is 7. The number of hydrogen-bond acceptors (Lipinski definition) is 9. The first-order valence-electron chi connectivity index (χ1n) is 10.8. The molecule has 4 aromatic heterocycles. The van der Waals surface area contributed by atoms with Crippen LogP contribution in [0.1, 0.15) is 17.1 Å². The summed E-state index contributed by atoms with van der Waals surface area (Å²) in [6, 6.07) is 7.78. The van der Waals surface area contributed by atoms with Crippen molar-refractivity contribution in [2.45, 2.75) is 6.42 Å². The monoisotopic (exact) mass is 479 g/mol. The lowest BCUT2D eigenvalue weighted by Crippen LogP contribution is -2.26. The molecule has 0 atom stereocenters. The summed E-state index contributed by atoms with van der Waals surface area (Å²) in [4.78, 5) is 38.3. The lowest BCUT2D eigenvalue weighted by atomic mass is 10.2. The average Bonchev–Trinajstić information content (AvgIpc) is 2.89. The number of nitrogens with two attached hydrogens (primary N) is 1. The van der Waals surface area contributed by atoms with Gasteiger partial charge in [0.05, 0.1) is 23.6 Å². The number of halogens is 1. The summed E-state index contributed by atoms with van der Waals surface area (Å²) in [6.45, 7) is 0.323. The van der Waals surface area contributed by atoms with E-state index in [9.17, 15) is 9.18 Å².